The van der Waals surface area contributed by atoms with Gasteiger partial charge in [0.05, 0.1) is 0 Å². The number of piperidine rings is 1. The highest BCUT2D eigenvalue weighted by molar-refractivity contribution is 5.98. The van der Waals surface area contributed by atoms with Gasteiger partial charge in [-0.05, 0) is 62.8 Å². The zero-order valence-electron chi connectivity index (χ0n) is 13.2. The second-order valence-electron chi connectivity index (χ2n) is 6.38. The van der Waals surface area contributed by atoms with Crippen LogP contribution >= 0.6 is 0 Å². The summed E-state index contributed by atoms with van der Waals surface area (Å²) in [6.45, 7) is 2.99. The molecule has 0 radical (unpaired) electrons. The Labute approximate surface area is 131 Å². The lowest BCUT2D eigenvalue weighted by atomic mass is 9.98. The number of hydrogen-bond donors (Lipinski definition) is 1. The van der Waals surface area contributed by atoms with Gasteiger partial charge in [-0.2, -0.15) is 0 Å². The Morgan fingerprint density at radius 2 is 1.77 bits per heavy atom. The molecule has 1 saturated carbocycles. The van der Waals surface area contributed by atoms with Crippen molar-refractivity contribution in [2.24, 2.45) is 0 Å². The first-order chi connectivity index (χ1) is 10.7. The normalized spacial score (nSPS) is 21.5. The molecule has 2 fully saturated rings. The largest absolute Gasteiger partial charge is 0.349 e. The second-order valence-corrected chi connectivity index (χ2v) is 6.38. The van der Waals surface area contributed by atoms with E-state index in [9.17, 15) is 9.59 Å². The van der Waals surface area contributed by atoms with E-state index in [0.717, 1.165) is 38.6 Å². The van der Waals surface area contributed by atoms with Gasteiger partial charge in [0.15, 0.2) is 0 Å². The highest BCUT2D eigenvalue weighted by Crippen LogP contribution is 2.22. The molecule has 1 aromatic rings. The maximum atomic E-state index is 12.7. The van der Waals surface area contributed by atoms with E-state index in [1.807, 2.05) is 4.90 Å². The van der Waals surface area contributed by atoms with E-state index in [4.69, 9.17) is 0 Å². The quantitative estimate of drug-likeness (QED) is 0.929. The van der Waals surface area contributed by atoms with Crippen LogP contribution in [0.5, 0.6) is 0 Å². The van der Waals surface area contributed by atoms with Crippen LogP contribution in [-0.2, 0) is 0 Å². The van der Waals surface area contributed by atoms with Gasteiger partial charge in [-0.15, -0.1) is 0 Å². The van der Waals surface area contributed by atoms with Gasteiger partial charge >= 0.3 is 0 Å². The lowest BCUT2D eigenvalue weighted by Gasteiger charge is -2.35. The van der Waals surface area contributed by atoms with Crippen LogP contribution in [0.1, 0.15) is 66.2 Å². The van der Waals surface area contributed by atoms with Crippen molar-refractivity contribution in [2.75, 3.05) is 6.54 Å². The van der Waals surface area contributed by atoms with Crippen molar-refractivity contribution < 1.29 is 9.59 Å². The number of rotatable bonds is 4. The molecule has 1 aliphatic carbocycles. The lowest BCUT2D eigenvalue weighted by Crippen LogP contribution is -2.43. The number of amides is 2. The third-order valence-corrected chi connectivity index (χ3v) is 4.67. The maximum Gasteiger partial charge on any atom is 0.254 e. The van der Waals surface area contributed by atoms with Crippen LogP contribution in [0.25, 0.3) is 0 Å². The summed E-state index contributed by atoms with van der Waals surface area (Å²) in [6.07, 6.45) is 6.57. The molecular weight excluding hydrogens is 276 g/mol. The zero-order valence-corrected chi connectivity index (χ0v) is 13.2. The average Bonchev–Trinajstić information content (AvgIpc) is 3.38. The molecule has 3 rings (SSSR count). The zero-order chi connectivity index (χ0) is 15.5. The standard InChI is InChI=1S/C18H24N2O2/c1-2-16-5-3-4-12-20(16)18(22)14-8-6-13(7-9-14)17(21)19-15-10-11-15/h6-9,15-16H,2-5,10-12H2,1H3,(H,19,21). The van der Waals surface area contributed by atoms with E-state index in [1.165, 1.54) is 6.42 Å². The number of likely N-dealkylation sites (tertiary alicyclic amines) is 1. The molecule has 2 aliphatic rings. The van der Waals surface area contributed by atoms with Crippen molar-refractivity contribution in [2.45, 2.75) is 57.5 Å². The summed E-state index contributed by atoms with van der Waals surface area (Å²) in [5, 5.41) is 2.96. The van der Waals surface area contributed by atoms with Crippen LogP contribution < -0.4 is 5.32 Å². The molecule has 22 heavy (non-hydrogen) atoms. The van der Waals surface area contributed by atoms with Crippen LogP contribution in [0.2, 0.25) is 0 Å². The Balaban J connectivity index is 1.68. The molecule has 1 N–H and O–H groups in total. The van der Waals surface area contributed by atoms with E-state index >= 15 is 0 Å². The monoisotopic (exact) mass is 300 g/mol. The highest BCUT2D eigenvalue weighted by atomic mass is 16.2. The minimum Gasteiger partial charge on any atom is -0.349 e. The van der Waals surface area contributed by atoms with E-state index in [1.54, 1.807) is 24.3 Å². The number of carbonyl (C=O) groups excluding carboxylic acids is 2. The van der Waals surface area contributed by atoms with Crippen LogP contribution in [0.15, 0.2) is 24.3 Å². The predicted octanol–water partition coefficient (Wildman–Crippen LogP) is 2.98. The fourth-order valence-electron chi connectivity index (χ4n) is 3.12. The summed E-state index contributed by atoms with van der Waals surface area (Å²) in [7, 11) is 0. The summed E-state index contributed by atoms with van der Waals surface area (Å²) in [4.78, 5) is 26.6. The third kappa shape index (κ3) is 3.32. The second kappa shape index (κ2) is 6.51. The van der Waals surface area contributed by atoms with E-state index < -0.39 is 0 Å². The van der Waals surface area contributed by atoms with Gasteiger partial charge < -0.3 is 10.2 Å². The van der Waals surface area contributed by atoms with Gasteiger partial charge in [0.25, 0.3) is 11.8 Å². The number of nitrogens with zero attached hydrogens (tertiary/aromatic N) is 1. The minimum atomic E-state index is -0.0362. The average molecular weight is 300 g/mol. The molecule has 1 heterocycles. The lowest BCUT2D eigenvalue weighted by molar-refractivity contribution is 0.0607. The summed E-state index contributed by atoms with van der Waals surface area (Å²) < 4.78 is 0. The first-order valence-corrected chi connectivity index (χ1v) is 8.41. The van der Waals surface area contributed by atoms with Gasteiger partial charge in [0.2, 0.25) is 0 Å². The number of hydrogen-bond acceptors (Lipinski definition) is 2. The summed E-state index contributed by atoms with van der Waals surface area (Å²) in [5.74, 6) is 0.0617. The van der Waals surface area contributed by atoms with E-state index in [-0.39, 0.29) is 11.8 Å². The van der Waals surface area contributed by atoms with Crippen molar-refractivity contribution in [3.05, 3.63) is 35.4 Å². The molecule has 0 bridgehead atoms. The van der Waals surface area contributed by atoms with Crippen molar-refractivity contribution in [1.82, 2.24) is 10.2 Å². The van der Waals surface area contributed by atoms with Crippen molar-refractivity contribution in [1.29, 1.82) is 0 Å². The molecule has 1 unspecified atom stereocenters. The smallest absolute Gasteiger partial charge is 0.254 e. The van der Waals surface area contributed by atoms with Crippen LogP contribution in [0.4, 0.5) is 0 Å². The SMILES string of the molecule is CCC1CCCCN1C(=O)c1ccc(C(=O)NC2CC2)cc1. The first kappa shape index (κ1) is 15.1. The van der Waals surface area contributed by atoms with Crippen LogP contribution in [0.3, 0.4) is 0 Å². The van der Waals surface area contributed by atoms with Gasteiger partial charge in [0.1, 0.15) is 0 Å². The topological polar surface area (TPSA) is 49.4 Å². The fraction of sp³-hybridized carbons (Fsp3) is 0.556. The molecule has 4 heteroatoms. The Kier molecular flexibility index (Phi) is 4.46. The maximum absolute atomic E-state index is 12.7. The van der Waals surface area contributed by atoms with Crippen molar-refractivity contribution in [3.8, 4) is 0 Å². The Hall–Kier alpha value is -1.84. The van der Waals surface area contributed by atoms with Gasteiger partial charge in [-0.25, -0.2) is 0 Å². The number of carbonyl (C=O) groups is 2. The van der Waals surface area contributed by atoms with E-state index in [2.05, 4.69) is 12.2 Å². The summed E-state index contributed by atoms with van der Waals surface area (Å²) in [5.41, 5.74) is 1.32. The fourth-order valence-corrected chi connectivity index (χ4v) is 3.12. The number of benzene rings is 1. The summed E-state index contributed by atoms with van der Waals surface area (Å²) >= 11 is 0. The molecule has 0 spiro atoms. The minimum absolute atomic E-state index is 0.0362. The molecule has 1 aromatic carbocycles. The number of nitrogens with one attached hydrogen (secondary N) is 1. The Morgan fingerprint density at radius 1 is 1.09 bits per heavy atom. The molecular formula is C18H24N2O2. The van der Waals surface area contributed by atoms with E-state index in [0.29, 0.717) is 23.2 Å². The van der Waals surface area contributed by atoms with Gasteiger partial charge in [-0.1, -0.05) is 6.92 Å². The predicted molar refractivity (Wildman–Crippen MR) is 85.9 cm³/mol. The molecule has 4 nitrogen and oxygen atoms in total. The van der Waals surface area contributed by atoms with Crippen LogP contribution in [0, 0.1) is 0 Å². The molecule has 0 aromatic heterocycles. The molecule has 1 atom stereocenters. The first-order valence-electron chi connectivity index (χ1n) is 8.41. The van der Waals surface area contributed by atoms with Crippen molar-refractivity contribution >= 4 is 11.8 Å². The Bertz CT molecular complexity index is 549. The van der Waals surface area contributed by atoms with Crippen LogP contribution in [-0.4, -0.2) is 35.3 Å². The molecule has 1 aliphatic heterocycles. The van der Waals surface area contributed by atoms with Gasteiger partial charge in [-0.3, -0.25) is 9.59 Å². The Morgan fingerprint density at radius 3 is 2.41 bits per heavy atom. The molecule has 2 amide bonds. The molecule has 118 valence electrons. The highest BCUT2D eigenvalue weighted by Gasteiger charge is 2.27. The van der Waals surface area contributed by atoms with Crippen molar-refractivity contribution in [3.63, 3.8) is 0 Å². The molecule has 1 saturated heterocycles. The summed E-state index contributed by atoms with van der Waals surface area (Å²) in [6, 6.07) is 7.80. The third-order valence-electron chi connectivity index (χ3n) is 4.67. The van der Waals surface area contributed by atoms with Gasteiger partial charge in [0, 0.05) is 29.8 Å².